The fourth-order valence-corrected chi connectivity index (χ4v) is 1.74. The summed E-state index contributed by atoms with van der Waals surface area (Å²) in [5, 5.41) is 8.47. The highest BCUT2D eigenvalue weighted by atomic mass is 127. The van der Waals surface area contributed by atoms with Gasteiger partial charge in [0.25, 0.3) is 0 Å². The van der Waals surface area contributed by atoms with Gasteiger partial charge in [-0.1, -0.05) is 12.8 Å². The summed E-state index contributed by atoms with van der Waals surface area (Å²) in [6, 6.07) is 0. The Labute approximate surface area is 95.5 Å². The summed E-state index contributed by atoms with van der Waals surface area (Å²) in [5.74, 6) is 0. The number of aliphatic hydroxyl groups excluding tert-OH is 1. The van der Waals surface area contributed by atoms with Gasteiger partial charge in [0, 0.05) is 12.7 Å². The van der Waals surface area contributed by atoms with Crippen LogP contribution in [0.3, 0.4) is 0 Å². The average molecular weight is 322 g/mol. The molecule has 0 fully saturated rings. The first-order valence-electron chi connectivity index (χ1n) is 4.50. The van der Waals surface area contributed by atoms with Gasteiger partial charge in [-0.25, -0.2) is 0 Å². The van der Waals surface area contributed by atoms with E-state index in [9.17, 15) is 13.2 Å². The first-order chi connectivity index (χ1) is 6.45. The molecule has 1 nitrogen and oxygen atoms in total. The third-order valence-electron chi connectivity index (χ3n) is 1.64. The fourth-order valence-electron chi connectivity index (χ4n) is 1.01. The molecule has 0 atom stereocenters. The van der Waals surface area contributed by atoms with Crippen LogP contribution >= 0.6 is 22.6 Å². The van der Waals surface area contributed by atoms with Crippen molar-refractivity contribution >= 4 is 22.6 Å². The van der Waals surface area contributed by atoms with Crippen molar-refractivity contribution in [1.29, 1.82) is 0 Å². The molecule has 0 saturated carbocycles. The monoisotopic (exact) mass is 322 g/mol. The van der Waals surface area contributed by atoms with E-state index in [-0.39, 0.29) is 6.61 Å². The highest BCUT2D eigenvalue weighted by molar-refractivity contribution is 14.1. The number of hydrogen-bond acceptors (Lipinski definition) is 1. The molecule has 1 N–H and O–H groups in total. The highest BCUT2D eigenvalue weighted by Crippen LogP contribution is 2.24. The van der Waals surface area contributed by atoms with E-state index in [1.165, 1.54) is 0 Å². The summed E-state index contributed by atoms with van der Waals surface area (Å²) in [7, 11) is 0. The molecule has 0 heterocycles. The van der Waals surface area contributed by atoms with Gasteiger partial charge in [-0.05, 0) is 45.4 Å². The van der Waals surface area contributed by atoms with Gasteiger partial charge in [0.15, 0.2) is 0 Å². The van der Waals surface area contributed by atoms with E-state index in [1.54, 1.807) is 22.6 Å². The molecule has 0 aliphatic rings. The Morgan fingerprint density at radius 2 is 1.71 bits per heavy atom. The zero-order chi connectivity index (χ0) is 11.0. The van der Waals surface area contributed by atoms with Crippen LogP contribution in [0.15, 0.2) is 9.66 Å². The van der Waals surface area contributed by atoms with Gasteiger partial charge in [0.2, 0.25) is 0 Å². The minimum Gasteiger partial charge on any atom is -0.396 e. The van der Waals surface area contributed by atoms with Crippen molar-refractivity contribution in [3.63, 3.8) is 0 Å². The van der Waals surface area contributed by atoms with E-state index >= 15 is 0 Å². The van der Waals surface area contributed by atoms with E-state index in [0.717, 1.165) is 25.7 Å². The van der Waals surface area contributed by atoms with Crippen molar-refractivity contribution in [2.24, 2.45) is 0 Å². The van der Waals surface area contributed by atoms with Crippen molar-refractivity contribution in [3.8, 4) is 0 Å². The summed E-state index contributed by atoms with van der Waals surface area (Å²) in [6.07, 6.45) is -0.123. The number of aliphatic hydroxyl groups is 1. The molecule has 0 unspecified atom stereocenters. The molecule has 5 heteroatoms. The molecular weight excluding hydrogens is 308 g/mol. The molecule has 0 aromatic carbocycles. The summed E-state index contributed by atoms with van der Waals surface area (Å²) in [6.45, 7) is 0.162. The van der Waals surface area contributed by atoms with Crippen LogP contribution in [-0.2, 0) is 0 Å². The van der Waals surface area contributed by atoms with Gasteiger partial charge < -0.3 is 5.11 Å². The van der Waals surface area contributed by atoms with Crippen LogP contribution in [0, 0.1) is 0 Å². The van der Waals surface area contributed by atoms with E-state index in [0.29, 0.717) is 16.1 Å². The lowest BCUT2D eigenvalue weighted by Gasteiger charge is -2.02. The Morgan fingerprint density at radius 3 is 2.21 bits per heavy atom. The van der Waals surface area contributed by atoms with Crippen LogP contribution in [0.2, 0.25) is 0 Å². The van der Waals surface area contributed by atoms with Crippen molar-refractivity contribution in [2.75, 3.05) is 6.61 Å². The van der Waals surface area contributed by atoms with Crippen LogP contribution in [0.4, 0.5) is 13.2 Å². The van der Waals surface area contributed by atoms with Crippen LogP contribution < -0.4 is 0 Å². The molecule has 0 spiro atoms. The predicted molar refractivity (Wildman–Crippen MR) is 58.3 cm³/mol. The van der Waals surface area contributed by atoms with Gasteiger partial charge in [-0.2, -0.15) is 13.2 Å². The second-order valence-corrected chi connectivity index (χ2v) is 4.41. The SMILES string of the molecule is OCCCCCCC(I)=CC(F)(F)F. The smallest absolute Gasteiger partial charge is 0.396 e. The molecule has 0 radical (unpaired) electrons. The topological polar surface area (TPSA) is 20.2 Å². The molecule has 0 aliphatic carbocycles. The Morgan fingerprint density at radius 1 is 1.14 bits per heavy atom. The maximum absolute atomic E-state index is 11.8. The molecule has 14 heavy (non-hydrogen) atoms. The third-order valence-corrected chi connectivity index (χ3v) is 2.49. The first-order valence-corrected chi connectivity index (χ1v) is 5.58. The van der Waals surface area contributed by atoms with E-state index in [1.807, 2.05) is 0 Å². The molecule has 0 aliphatic heterocycles. The Kier molecular flexibility index (Phi) is 7.62. The number of halogens is 4. The van der Waals surface area contributed by atoms with Gasteiger partial charge in [0.05, 0.1) is 0 Å². The van der Waals surface area contributed by atoms with Crippen molar-refractivity contribution in [1.82, 2.24) is 0 Å². The highest BCUT2D eigenvalue weighted by Gasteiger charge is 2.23. The second kappa shape index (κ2) is 7.50. The van der Waals surface area contributed by atoms with Gasteiger partial charge in [-0.15, -0.1) is 0 Å². The number of rotatable bonds is 6. The molecule has 0 amide bonds. The van der Waals surface area contributed by atoms with Crippen molar-refractivity contribution in [3.05, 3.63) is 9.66 Å². The molecule has 0 aromatic rings. The molecule has 0 bridgehead atoms. The zero-order valence-electron chi connectivity index (χ0n) is 7.78. The Bertz CT molecular complexity index is 177. The summed E-state index contributed by atoms with van der Waals surface area (Å²) >= 11 is 1.72. The van der Waals surface area contributed by atoms with Gasteiger partial charge in [-0.3, -0.25) is 0 Å². The third kappa shape index (κ3) is 10.3. The summed E-state index contributed by atoms with van der Waals surface area (Å²) in [5.41, 5.74) is 0. The van der Waals surface area contributed by atoms with Crippen LogP contribution in [0.1, 0.15) is 32.1 Å². The van der Waals surface area contributed by atoms with Crippen molar-refractivity contribution < 1.29 is 18.3 Å². The number of allylic oxidation sites excluding steroid dienone is 2. The largest absolute Gasteiger partial charge is 0.410 e. The lowest BCUT2D eigenvalue weighted by atomic mass is 10.1. The first kappa shape index (κ1) is 14.2. The minimum atomic E-state index is -4.19. The van der Waals surface area contributed by atoms with E-state index in [4.69, 9.17) is 5.11 Å². The number of alkyl halides is 3. The number of hydrogen-bond donors (Lipinski definition) is 1. The summed E-state index contributed by atoms with van der Waals surface area (Å²) in [4.78, 5) is 0. The van der Waals surface area contributed by atoms with Crippen LogP contribution in [0.25, 0.3) is 0 Å². The minimum absolute atomic E-state index is 0.162. The lowest BCUT2D eigenvalue weighted by molar-refractivity contribution is -0.0801. The summed E-state index contributed by atoms with van der Waals surface area (Å²) < 4.78 is 35.8. The maximum Gasteiger partial charge on any atom is 0.410 e. The molecular formula is C9H14F3IO. The van der Waals surface area contributed by atoms with Crippen molar-refractivity contribution in [2.45, 2.75) is 38.3 Å². The predicted octanol–water partition coefficient (Wildman–Crippen LogP) is 3.81. The van der Waals surface area contributed by atoms with E-state index < -0.39 is 6.18 Å². The molecule has 0 saturated heterocycles. The molecule has 0 aromatic heterocycles. The normalized spacial score (nSPS) is 13.4. The van der Waals surface area contributed by atoms with Gasteiger partial charge in [0.1, 0.15) is 0 Å². The molecule has 0 rings (SSSR count). The molecule has 84 valence electrons. The quantitative estimate of drug-likeness (QED) is 0.582. The van der Waals surface area contributed by atoms with Crippen LogP contribution in [-0.4, -0.2) is 17.9 Å². The standard InChI is InChI=1S/C9H14F3IO/c10-9(11,12)7-8(13)5-3-1-2-4-6-14/h7,14H,1-6H2. The average Bonchev–Trinajstić information content (AvgIpc) is 2.00. The van der Waals surface area contributed by atoms with Crippen LogP contribution in [0.5, 0.6) is 0 Å². The zero-order valence-corrected chi connectivity index (χ0v) is 9.94. The number of unbranched alkanes of at least 4 members (excludes halogenated alkanes) is 3. The Balaban J connectivity index is 3.54. The Hall–Kier alpha value is 0.220. The fraction of sp³-hybridized carbons (Fsp3) is 0.778. The maximum atomic E-state index is 11.8. The second-order valence-electron chi connectivity index (χ2n) is 3.02. The van der Waals surface area contributed by atoms with E-state index in [2.05, 4.69) is 0 Å². The van der Waals surface area contributed by atoms with Gasteiger partial charge >= 0.3 is 6.18 Å². The lowest BCUT2D eigenvalue weighted by Crippen LogP contribution is -2.01.